The van der Waals surface area contributed by atoms with Crippen molar-refractivity contribution in [1.29, 1.82) is 0 Å². The predicted molar refractivity (Wildman–Crippen MR) is 72.3 cm³/mol. The van der Waals surface area contributed by atoms with E-state index in [1.54, 1.807) is 13.0 Å². The third-order valence-corrected chi connectivity index (χ3v) is 2.81. The summed E-state index contributed by atoms with van der Waals surface area (Å²) in [6.07, 6.45) is 2.97. The summed E-state index contributed by atoms with van der Waals surface area (Å²) in [6.45, 7) is 3.89. The Balaban J connectivity index is 1.77. The molecule has 2 aromatic heterocycles. The second-order valence-corrected chi connectivity index (χ2v) is 4.38. The summed E-state index contributed by atoms with van der Waals surface area (Å²) in [4.78, 5) is 23.4. The molecule has 2 rings (SSSR count). The lowest BCUT2D eigenvalue weighted by Crippen LogP contribution is -2.27. The number of aromatic amines is 1. The van der Waals surface area contributed by atoms with Gasteiger partial charge in [-0.05, 0) is 19.9 Å². The molecule has 20 heavy (non-hydrogen) atoms. The molecule has 0 bridgehead atoms. The van der Waals surface area contributed by atoms with Crippen molar-refractivity contribution in [2.24, 2.45) is 0 Å². The second kappa shape index (κ2) is 6.05. The van der Waals surface area contributed by atoms with Gasteiger partial charge in [-0.15, -0.1) is 0 Å². The maximum absolute atomic E-state index is 11.8. The number of aromatic nitrogens is 2. The number of nitrogens with one attached hydrogen (secondary N) is 3. The molecule has 0 fully saturated rings. The first-order valence-corrected chi connectivity index (χ1v) is 6.19. The molecule has 0 saturated heterocycles. The number of furan rings is 1. The average Bonchev–Trinajstić information content (AvgIpc) is 3.04. The molecule has 2 heterocycles. The van der Waals surface area contributed by atoms with E-state index in [9.17, 15) is 9.59 Å². The SMILES string of the molecule is Cc1n[nH]c(C)c1NC(=O)CCNC(=O)c1ccoc1. The molecule has 0 aliphatic carbocycles. The van der Waals surface area contributed by atoms with E-state index in [0.29, 0.717) is 11.3 Å². The van der Waals surface area contributed by atoms with Gasteiger partial charge in [0, 0.05) is 13.0 Å². The van der Waals surface area contributed by atoms with E-state index in [4.69, 9.17) is 4.42 Å². The Bertz CT molecular complexity index is 582. The Hall–Kier alpha value is -2.57. The average molecular weight is 276 g/mol. The van der Waals surface area contributed by atoms with Crippen LogP contribution in [0.3, 0.4) is 0 Å². The van der Waals surface area contributed by atoms with Crippen LogP contribution in [0.25, 0.3) is 0 Å². The number of H-pyrrole nitrogens is 1. The van der Waals surface area contributed by atoms with E-state index in [-0.39, 0.29) is 24.8 Å². The van der Waals surface area contributed by atoms with E-state index >= 15 is 0 Å². The third-order valence-electron chi connectivity index (χ3n) is 2.81. The molecule has 7 nitrogen and oxygen atoms in total. The summed E-state index contributed by atoms with van der Waals surface area (Å²) in [5.74, 6) is -0.438. The third kappa shape index (κ3) is 3.25. The van der Waals surface area contributed by atoms with Crippen molar-refractivity contribution in [3.05, 3.63) is 35.5 Å². The Morgan fingerprint density at radius 3 is 2.80 bits per heavy atom. The molecule has 0 spiro atoms. The molecular formula is C13H16N4O3. The largest absolute Gasteiger partial charge is 0.472 e. The summed E-state index contributed by atoms with van der Waals surface area (Å²) in [6, 6.07) is 1.56. The van der Waals surface area contributed by atoms with Gasteiger partial charge in [-0.25, -0.2) is 0 Å². The number of rotatable bonds is 5. The lowest BCUT2D eigenvalue weighted by molar-refractivity contribution is -0.116. The summed E-state index contributed by atoms with van der Waals surface area (Å²) in [7, 11) is 0. The number of nitrogens with zero attached hydrogens (tertiary/aromatic N) is 1. The lowest BCUT2D eigenvalue weighted by atomic mass is 10.3. The van der Waals surface area contributed by atoms with Crippen molar-refractivity contribution < 1.29 is 14.0 Å². The Morgan fingerprint density at radius 1 is 1.40 bits per heavy atom. The number of hydrogen-bond donors (Lipinski definition) is 3. The number of carbonyl (C=O) groups excluding carboxylic acids is 2. The maximum atomic E-state index is 11.8. The number of amides is 2. The van der Waals surface area contributed by atoms with Gasteiger partial charge in [-0.3, -0.25) is 14.7 Å². The van der Waals surface area contributed by atoms with E-state index < -0.39 is 0 Å². The molecule has 3 N–H and O–H groups in total. The molecule has 2 aromatic rings. The fourth-order valence-electron chi connectivity index (χ4n) is 1.72. The van der Waals surface area contributed by atoms with Crippen LogP contribution in [-0.2, 0) is 4.79 Å². The smallest absolute Gasteiger partial charge is 0.254 e. The van der Waals surface area contributed by atoms with Crippen LogP contribution in [0.2, 0.25) is 0 Å². The molecular weight excluding hydrogens is 260 g/mol. The number of aryl methyl sites for hydroxylation is 2. The van der Waals surface area contributed by atoms with Gasteiger partial charge in [-0.1, -0.05) is 0 Å². The topological polar surface area (TPSA) is 100 Å². The van der Waals surface area contributed by atoms with Crippen molar-refractivity contribution in [2.45, 2.75) is 20.3 Å². The van der Waals surface area contributed by atoms with Crippen LogP contribution in [0.4, 0.5) is 5.69 Å². The molecule has 0 aromatic carbocycles. The van der Waals surface area contributed by atoms with Gasteiger partial charge in [0.25, 0.3) is 5.91 Å². The number of carbonyl (C=O) groups is 2. The standard InChI is InChI=1S/C13H16N4O3/c1-8-12(9(2)17-16-8)15-11(18)3-5-14-13(19)10-4-6-20-7-10/h4,6-7H,3,5H2,1-2H3,(H,14,19)(H,15,18)(H,16,17). The molecule has 106 valence electrons. The molecule has 0 saturated carbocycles. The van der Waals surface area contributed by atoms with Crippen molar-refractivity contribution in [3.63, 3.8) is 0 Å². The molecule has 0 aliphatic rings. The van der Waals surface area contributed by atoms with Crippen LogP contribution in [0.1, 0.15) is 28.2 Å². The molecule has 0 aliphatic heterocycles. The van der Waals surface area contributed by atoms with Gasteiger partial charge in [-0.2, -0.15) is 5.10 Å². The summed E-state index contributed by atoms with van der Waals surface area (Å²) in [5.41, 5.74) is 2.67. The van der Waals surface area contributed by atoms with Gasteiger partial charge in [0.1, 0.15) is 6.26 Å². The minimum Gasteiger partial charge on any atom is -0.472 e. The van der Waals surface area contributed by atoms with Gasteiger partial charge >= 0.3 is 0 Å². The molecule has 2 amide bonds. The van der Waals surface area contributed by atoms with Gasteiger partial charge < -0.3 is 15.1 Å². The normalized spacial score (nSPS) is 10.3. The van der Waals surface area contributed by atoms with Crippen LogP contribution in [0, 0.1) is 13.8 Å². The van der Waals surface area contributed by atoms with Gasteiger partial charge in [0.2, 0.25) is 5.91 Å². The number of hydrogen-bond acceptors (Lipinski definition) is 4. The van der Waals surface area contributed by atoms with Crippen LogP contribution in [0.5, 0.6) is 0 Å². The van der Waals surface area contributed by atoms with Crippen LogP contribution < -0.4 is 10.6 Å². The highest BCUT2D eigenvalue weighted by Gasteiger charge is 2.11. The summed E-state index contributed by atoms with van der Waals surface area (Å²) < 4.78 is 4.81. The van der Waals surface area contributed by atoms with Crippen molar-refractivity contribution >= 4 is 17.5 Å². The first kappa shape index (κ1) is 13.9. The van der Waals surface area contributed by atoms with E-state index in [1.807, 2.05) is 6.92 Å². The molecule has 7 heteroatoms. The first-order chi connectivity index (χ1) is 9.58. The Morgan fingerprint density at radius 2 is 2.20 bits per heavy atom. The lowest BCUT2D eigenvalue weighted by Gasteiger charge is -2.06. The highest BCUT2D eigenvalue weighted by Crippen LogP contribution is 2.15. The van der Waals surface area contributed by atoms with Crippen molar-refractivity contribution in [2.75, 3.05) is 11.9 Å². The fourth-order valence-corrected chi connectivity index (χ4v) is 1.72. The second-order valence-electron chi connectivity index (χ2n) is 4.38. The summed E-state index contributed by atoms with van der Waals surface area (Å²) >= 11 is 0. The van der Waals surface area contributed by atoms with Crippen molar-refractivity contribution in [1.82, 2.24) is 15.5 Å². The highest BCUT2D eigenvalue weighted by atomic mass is 16.3. The minimum atomic E-state index is -0.262. The van der Waals surface area contributed by atoms with E-state index in [2.05, 4.69) is 20.8 Å². The maximum Gasteiger partial charge on any atom is 0.254 e. The minimum absolute atomic E-state index is 0.176. The predicted octanol–water partition coefficient (Wildman–Crippen LogP) is 1.38. The highest BCUT2D eigenvalue weighted by molar-refractivity contribution is 5.95. The zero-order valence-corrected chi connectivity index (χ0v) is 11.3. The van der Waals surface area contributed by atoms with Gasteiger partial charge in [0.05, 0.1) is 28.9 Å². The Labute approximate surface area is 115 Å². The van der Waals surface area contributed by atoms with Gasteiger partial charge in [0.15, 0.2) is 0 Å². The quantitative estimate of drug-likeness (QED) is 0.768. The fraction of sp³-hybridized carbons (Fsp3) is 0.308. The van der Waals surface area contributed by atoms with Crippen LogP contribution >= 0.6 is 0 Å². The van der Waals surface area contributed by atoms with Crippen molar-refractivity contribution in [3.8, 4) is 0 Å². The van der Waals surface area contributed by atoms with E-state index in [1.165, 1.54) is 12.5 Å². The number of anilines is 1. The first-order valence-electron chi connectivity index (χ1n) is 6.19. The van der Waals surface area contributed by atoms with Crippen LogP contribution in [0.15, 0.2) is 23.0 Å². The van der Waals surface area contributed by atoms with Crippen LogP contribution in [-0.4, -0.2) is 28.6 Å². The molecule has 0 atom stereocenters. The monoisotopic (exact) mass is 276 g/mol. The summed E-state index contributed by atoms with van der Waals surface area (Å²) in [5, 5.41) is 12.2. The molecule has 0 unspecified atom stereocenters. The molecule has 0 radical (unpaired) electrons. The Kier molecular flexibility index (Phi) is 4.19. The zero-order valence-electron chi connectivity index (χ0n) is 11.3. The zero-order chi connectivity index (χ0) is 14.5. The van der Waals surface area contributed by atoms with E-state index in [0.717, 1.165) is 11.4 Å².